The largest absolute Gasteiger partial charge is 0.472 e. The van der Waals surface area contributed by atoms with Crippen LogP contribution in [0.2, 0.25) is 0 Å². The maximum absolute atomic E-state index is 6.05. The molecular formula is C22H23N5O. The van der Waals surface area contributed by atoms with Gasteiger partial charge in [-0.05, 0) is 60.3 Å². The van der Waals surface area contributed by atoms with Crippen LogP contribution in [0.15, 0.2) is 48.8 Å². The summed E-state index contributed by atoms with van der Waals surface area (Å²) < 4.78 is 7.92. The second-order valence-electron chi connectivity index (χ2n) is 8.25. The van der Waals surface area contributed by atoms with Crippen LogP contribution >= 0.6 is 0 Å². The molecule has 6 heteroatoms. The molecule has 0 radical (unpaired) electrons. The molecule has 0 unspecified atom stereocenters. The summed E-state index contributed by atoms with van der Waals surface area (Å²) in [5.41, 5.74) is 4.48. The fourth-order valence-electron chi connectivity index (χ4n) is 5.05. The minimum atomic E-state index is 0.539. The Labute approximate surface area is 164 Å². The third-order valence-electron chi connectivity index (χ3n) is 6.50. The fraction of sp³-hybridized carbons (Fsp3) is 0.364. The Morgan fingerprint density at radius 1 is 1.11 bits per heavy atom. The van der Waals surface area contributed by atoms with Crippen LogP contribution in [-0.2, 0) is 6.61 Å². The molecule has 3 aliphatic rings. The van der Waals surface area contributed by atoms with Crippen molar-refractivity contribution in [1.29, 1.82) is 0 Å². The van der Waals surface area contributed by atoms with Crippen molar-refractivity contribution in [3.63, 3.8) is 0 Å². The van der Waals surface area contributed by atoms with Gasteiger partial charge in [0.2, 0.25) is 5.88 Å². The number of rotatable bonds is 3. The molecule has 1 aliphatic carbocycles. The van der Waals surface area contributed by atoms with Crippen molar-refractivity contribution >= 4 is 5.82 Å². The number of hydrogen-bond donors (Lipinski definition) is 0. The van der Waals surface area contributed by atoms with Crippen molar-refractivity contribution in [1.82, 2.24) is 19.7 Å². The normalized spacial score (nSPS) is 24.9. The van der Waals surface area contributed by atoms with Crippen LogP contribution in [0.4, 0.5) is 5.82 Å². The molecule has 6 nitrogen and oxygen atoms in total. The zero-order valence-electron chi connectivity index (χ0n) is 16.1. The molecule has 142 valence electrons. The standard InChI is InChI=1S/C22H23N5O/c1-25-11-18-19(12-25)21(18)26(2)20-7-6-17-16-5-4-15(27-9-3-8-23-27)10-14(16)13-28-22(17)24-20/h3-10,18-19,21H,11-13H2,1-2H3/t18-,19+,21+. The first-order chi connectivity index (χ1) is 13.7. The summed E-state index contributed by atoms with van der Waals surface area (Å²) in [5, 5.41) is 4.32. The SMILES string of the molecule is CN1C[C@@H]2[C@H](C1)[C@H]2N(C)c1ccc2c(n1)OCc1cc(-n3cccn3)ccc1-2. The molecule has 1 aromatic carbocycles. The number of hydrogen-bond acceptors (Lipinski definition) is 5. The van der Waals surface area contributed by atoms with E-state index < -0.39 is 0 Å². The highest BCUT2D eigenvalue weighted by Gasteiger charge is 2.57. The van der Waals surface area contributed by atoms with E-state index in [1.54, 1.807) is 6.20 Å². The van der Waals surface area contributed by atoms with Gasteiger partial charge >= 0.3 is 0 Å². The number of pyridine rings is 1. The number of ether oxygens (including phenoxy) is 1. The highest BCUT2D eigenvalue weighted by molar-refractivity contribution is 5.75. The molecule has 0 bridgehead atoms. The van der Waals surface area contributed by atoms with Gasteiger partial charge in [-0.25, -0.2) is 4.68 Å². The first-order valence-corrected chi connectivity index (χ1v) is 9.87. The Morgan fingerprint density at radius 3 is 2.71 bits per heavy atom. The molecule has 3 aromatic rings. The molecule has 0 spiro atoms. The van der Waals surface area contributed by atoms with Gasteiger partial charge in [-0.3, -0.25) is 0 Å². The fourth-order valence-corrected chi connectivity index (χ4v) is 5.05. The molecule has 6 rings (SSSR count). The number of likely N-dealkylation sites (tertiary alicyclic amines) is 1. The second-order valence-corrected chi connectivity index (χ2v) is 8.25. The van der Waals surface area contributed by atoms with Gasteiger partial charge in [0.25, 0.3) is 0 Å². The van der Waals surface area contributed by atoms with E-state index in [1.165, 1.54) is 24.2 Å². The first kappa shape index (κ1) is 16.1. The van der Waals surface area contributed by atoms with Gasteiger partial charge in [-0.15, -0.1) is 0 Å². The number of nitrogens with zero attached hydrogens (tertiary/aromatic N) is 5. The summed E-state index contributed by atoms with van der Waals surface area (Å²) in [5.74, 6) is 3.33. The van der Waals surface area contributed by atoms with Crippen LogP contribution in [0.5, 0.6) is 5.88 Å². The molecule has 4 heterocycles. The predicted molar refractivity (Wildman–Crippen MR) is 108 cm³/mol. The van der Waals surface area contributed by atoms with Gasteiger partial charge < -0.3 is 14.5 Å². The summed E-state index contributed by atoms with van der Waals surface area (Å²) in [6.07, 6.45) is 3.74. The minimum absolute atomic E-state index is 0.539. The quantitative estimate of drug-likeness (QED) is 0.707. The van der Waals surface area contributed by atoms with Crippen molar-refractivity contribution in [3.8, 4) is 22.7 Å². The zero-order chi connectivity index (χ0) is 18.8. The Morgan fingerprint density at radius 2 is 1.93 bits per heavy atom. The molecule has 3 atom stereocenters. The van der Waals surface area contributed by atoms with Gasteiger partial charge in [-0.1, -0.05) is 6.07 Å². The summed E-state index contributed by atoms with van der Waals surface area (Å²) in [6, 6.07) is 13.2. The molecule has 28 heavy (non-hydrogen) atoms. The maximum atomic E-state index is 6.05. The van der Waals surface area contributed by atoms with E-state index in [2.05, 4.69) is 59.3 Å². The number of piperidine rings is 1. The van der Waals surface area contributed by atoms with Gasteiger partial charge in [-0.2, -0.15) is 10.1 Å². The molecule has 1 saturated heterocycles. The van der Waals surface area contributed by atoms with E-state index in [-0.39, 0.29) is 0 Å². The molecule has 2 aliphatic heterocycles. The Kier molecular flexibility index (Phi) is 3.35. The number of benzene rings is 1. The van der Waals surface area contributed by atoms with Crippen LogP contribution in [0, 0.1) is 11.8 Å². The van der Waals surface area contributed by atoms with Crippen molar-refractivity contribution in [2.24, 2.45) is 11.8 Å². The molecule has 1 saturated carbocycles. The van der Waals surface area contributed by atoms with E-state index in [0.717, 1.165) is 34.8 Å². The van der Waals surface area contributed by atoms with E-state index in [0.29, 0.717) is 12.6 Å². The van der Waals surface area contributed by atoms with Crippen molar-refractivity contribution in [2.75, 3.05) is 32.1 Å². The highest BCUT2D eigenvalue weighted by atomic mass is 16.5. The lowest BCUT2D eigenvalue weighted by Gasteiger charge is -2.26. The van der Waals surface area contributed by atoms with Crippen molar-refractivity contribution in [2.45, 2.75) is 12.6 Å². The topological polar surface area (TPSA) is 46.4 Å². The van der Waals surface area contributed by atoms with Gasteiger partial charge in [0.15, 0.2) is 0 Å². The minimum Gasteiger partial charge on any atom is -0.472 e. The van der Waals surface area contributed by atoms with E-state index in [9.17, 15) is 0 Å². The van der Waals surface area contributed by atoms with E-state index in [4.69, 9.17) is 9.72 Å². The van der Waals surface area contributed by atoms with Crippen LogP contribution < -0.4 is 9.64 Å². The molecule has 0 N–H and O–H groups in total. The smallest absolute Gasteiger partial charge is 0.223 e. The van der Waals surface area contributed by atoms with Crippen molar-refractivity contribution in [3.05, 3.63) is 54.4 Å². The number of aromatic nitrogens is 3. The zero-order valence-corrected chi connectivity index (χ0v) is 16.1. The lowest BCUT2D eigenvalue weighted by molar-refractivity contribution is 0.290. The molecular weight excluding hydrogens is 350 g/mol. The van der Waals surface area contributed by atoms with Crippen LogP contribution in [-0.4, -0.2) is 52.9 Å². The Balaban J connectivity index is 1.29. The molecule has 2 aromatic heterocycles. The summed E-state index contributed by atoms with van der Waals surface area (Å²) in [6.45, 7) is 2.94. The van der Waals surface area contributed by atoms with Crippen LogP contribution in [0.3, 0.4) is 0 Å². The average molecular weight is 373 g/mol. The maximum Gasteiger partial charge on any atom is 0.223 e. The molecule has 2 fully saturated rings. The third kappa shape index (κ3) is 2.37. The molecule has 0 amide bonds. The van der Waals surface area contributed by atoms with Crippen LogP contribution in [0.25, 0.3) is 16.8 Å². The highest BCUT2D eigenvalue weighted by Crippen LogP contribution is 2.49. The lowest BCUT2D eigenvalue weighted by atomic mass is 9.98. The second kappa shape index (κ2) is 5.82. The van der Waals surface area contributed by atoms with Crippen LogP contribution in [0.1, 0.15) is 5.56 Å². The van der Waals surface area contributed by atoms with Gasteiger partial charge in [0.05, 0.1) is 5.69 Å². The summed E-state index contributed by atoms with van der Waals surface area (Å²) >= 11 is 0. The predicted octanol–water partition coefficient (Wildman–Crippen LogP) is 2.82. The Hall–Kier alpha value is -2.86. The first-order valence-electron chi connectivity index (χ1n) is 9.87. The summed E-state index contributed by atoms with van der Waals surface area (Å²) in [4.78, 5) is 9.64. The average Bonchev–Trinajstić information content (AvgIpc) is 3.09. The Bertz CT molecular complexity index is 1040. The summed E-state index contributed by atoms with van der Waals surface area (Å²) in [7, 11) is 4.38. The van der Waals surface area contributed by atoms with Gasteiger partial charge in [0, 0.05) is 44.1 Å². The van der Waals surface area contributed by atoms with E-state index in [1.807, 2.05) is 16.9 Å². The third-order valence-corrected chi connectivity index (χ3v) is 6.50. The number of anilines is 1. The van der Waals surface area contributed by atoms with Gasteiger partial charge in [0.1, 0.15) is 12.4 Å². The van der Waals surface area contributed by atoms with Crippen molar-refractivity contribution < 1.29 is 4.74 Å². The lowest BCUT2D eigenvalue weighted by Crippen LogP contribution is -2.31. The monoisotopic (exact) mass is 373 g/mol. The van der Waals surface area contributed by atoms with E-state index >= 15 is 0 Å². The number of fused-ring (bicyclic) bond motifs is 4.